The molecule has 1 rings (SSSR count). The van der Waals surface area contributed by atoms with E-state index in [1.165, 1.54) is 4.57 Å². The van der Waals surface area contributed by atoms with Crippen molar-refractivity contribution in [2.45, 2.75) is 0 Å². The number of hydrogen-bond acceptors (Lipinski definition) is 3. The minimum atomic E-state index is -0.0116. The predicted molar refractivity (Wildman–Crippen MR) is 39.4 cm³/mol. The second-order valence-corrected chi connectivity index (χ2v) is 3.14. The van der Waals surface area contributed by atoms with Crippen molar-refractivity contribution in [3.05, 3.63) is 14.4 Å². The summed E-state index contributed by atoms with van der Waals surface area (Å²) in [6, 6.07) is 0. The maximum Gasteiger partial charge on any atom is 0.325 e. The first-order chi connectivity index (χ1) is 4.13. The van der Waals surface area contributed by atoms with E-state index in [4.69, 9.17) is 12.2 Å². The Morgan fingerprint density at radius 3 is 2.22 bits per heavy atom. The fourth-order valence-corrected chi connectivity index (χ4v) is 1.40. The SMILES string of the molecule is Cn1sc(=O)n(C)c1=S. The Labute approximate surface area is 61.3 Å². The van der Waals surface area contributed by atoms with Gasteiger partial charge in [-0.1, -0.05) is 0 Å². The van der Waals surface area contributed by atoms with Crippen LogP contribution in [-0.2, 0) is 14.1 Å². The molecule has 1 aromatic rings. The second kappa shape index (κ2) is 2.07. The molecule has 9 heavy (non-hydrogen) atoms. The summed E-state index contributed by atoms with van der Waals surface area (Å²) in [6.07, 6.45) is 0. The predicted octanol–water partition coefficient (Wildman–Crippen LogP) is 0.515. The van der Waals surface area contributed by atoms with Crippen LogP contribution in [0.15, 0.2) is 4.79 Å². The van der Waals surface area contributed by atoms with Crippen LogP contribution < -0.4 is 4.87 Å². The molecule has 0 bridgehead atoms. The molecule has 5 heteroatoms. The van der Waals surface area contributed by atoms with Gasteiger partial charge in [0.15, 0.2) is 4.77 Å². The van der Waals surface area contributed by atoms with E-state index >= 15 is 0 Å². The first-order valence-corrected chi connectivity index (χ1v) is 3.54. The monoisotopic (exact) mass is 162 g/mol. The smallest absolute Gasteiger partial charge is 0.278 e. The van der Waals surface area contributed by atoms with E-state index < -0.39 is 0 Å². The summed E-state index contributed by atoms with van der Waals surface area (Å²) < 4.78 is 3.68. The van der Waals surface area contributed by atoms with E-state index in [9.17, 15) is 4.79 Å². The molecule has 0 aromatic carbocycles. The highest BCUT2D eigenvalue weighted by molar-refractivity contribution is 7.71. The van der Waals surface area contributed by atoms with E-state index in [-0.39, 0.29) is 4.87 Å². The van der Waals surface area contributed by atoms with Crippen LogP contribution in [0.25, 0.3) is 0 Å². The second-order valence-electron chi connectivity index (χ2n) is 1.70. The zero-order chi connectivity index (χ0) is 7.02. The van der Waals surface area contributed by atoms with Gasteiger partial charge in [0.05, 0.1) is 0 Å². The van der Waals surface area contributed by atoms with Crippen LogP contribution in [0.1, 0.15) is 0 Å². The summed E-state index contributed by atoms with van der Waals surface area (Å²) in [5.74, 6) is 0. The molecule has 0 saturated carbocycles. The van der Waals surface area contributed by atoms with E-state index in [1.807, 2.05) is 0 Å². The first kappa shape index (κ1) is 6.70. The molecular formula is C4H6N2OS2. The molecule has 0 aliphatic rings. The van der Waals surface area contributed by atoms with Crippen LogP contribution in [0.3, 0.4) is 0 Å². The van der Waals surface area contributed by atoms with Crippen molar-refractivity contribution < 1.29 is 0 Å². The Bertz CT molecular complexity index is 318. The largest absolute Gasteiger partial charge is 0.325 e. The van der Waals surface area contributed by atoms with Crippen molar-refractivity contribution >= 4 is 23.8 Å². The van der Waals surface area contributed by atoms with Crippen LogP contribution in [-0.4, -0.2) is 8.52 Å². The molecule has 1 heterocycles. The molecule has 0 aliphatic carbocycles. The van der Waals surface area contributed by atoms with Crippen LogP contribution in [0, 0.1) is 4.77 Å². The number of hydrogen-bond donors (Lipinski definition) is 0. The van der Waals surface area contributed by atoms with E-state index in [0.717, 1.165) is 11.5 Å². The highest BCUT2D eigenvalue weighted by Crippen LogP contribution is 1.89. The summed E-state index contributed by atoms with van der Waals surface area (Å²) in [6.45, 7) is 0. The highest BCUT2D eigenvalue weighted by Gasteiger charge is 1.95. The Morgan fingerprint density at radius 1 is 1.56 bits per heavy atom. The standard InChI is InChI=1S/C4H6N2OS2/c1-5-3(8)6(2)9-4(5)7/h1-2H3. The Morgan fingerprint density at radius 2 is 2.11 bits per heavy atom. The zero-order valence-corrected chi connectivity index (χ0v) is 6.75. The fourth-order valence-electron chi connectivity index (χ4n) is 0.507. The molecule has 0 spiro atoms. The summed E-state index contributed by atoms with van der Waals surface area (Å²) in [5, 5.41) is 0. The highest BCUT2D eigenvalue weighted by atomic mass is 32.1. The maximum absolute atomic E-state index is 10.8. The quantitative estimate of drug-likeness (QED) is 0.520. The third-order valence-corrected chi connectivity index (χ3v) is 2.59. The molecule has 3 nitrogen and oxygen atoms in total. The van der Waals surface area contributed by atoms with Gasteiger partial charge < -0.3 is 0 Å². The van der Waals surface area contributed by atoms with Crippen molar-refractivity contribution in [2.75, 3.05) is 0 Å². The molecular weight excluding hydrogens is 156 g/mol. The van der Waals surface area contributed by atoms with Crippen LogP contribution in [0.2, 0.25) is 0 Å². The first-order valence-electron chi connectivity index (χ1n) is 2.36. The maximum atomic E-state index is 10.8. The van der Waals surface area contributed by atoms with Crippen molar-refractivity contribution in [1.82, 2.24) is 8.52 Å². The third-order valence-electron chi connectivity index (χ3n) is 1.05. The average molecular weight is 162 g/mol. The lowest BCUT2D eigenvalue weighted by Crippen LogP contribution is -2.06. The van der Waals surface area contributed by atoms with Gasteiger partial charge in [-0.3, -0.25) is 13.3 Å². The topological polar surface area (TPSA) is 26.9 Å². The molecule has 0 atom stereocenters. The molecule has 0 fully saturated rings. The Hall–Kier alpha value is -0.420. The average Bonchev–Trinajstić information content (AvgIpc) is 1.98. The normalized spacial score (nSPS) is 10.0. The van der Waals surface area contributed by atoms with Crippen LogP contribution in [0.4, 0.5) is 0 Å². The molecule has 0 radical (unpaired) electrons. The van der Waals surface area contributed by atoms with E-state index in [1.54, 1.807) is 18.1 Å². The van der Waals surface area contributed by atoms with Gasteiger partial charge >= 0.3 is 4.87 Å². The molecule has 0 N–H and O–H groups in total. The summed E-state index contributed by atoms with van der Waals surface area (Å²) in [7, 11) is 3.44. The molecule has 0 aliphatic heterocycles. The summed E-state index contributed by atoms with van der Waals surface area (Å²) >= 11 is 5.97. The lowest BCUT2D eigenvalue weighted by atomic mass is 11.1. The zero-order valence-electron chi connectivity index (χ0n) is 5.12. The summed E-state index contributed by atoms with van der Waals surface area (Å²) in [4.78, 5) is 10.7. The minimum absolute atomic E-state index is 0.0116. The fraction of sp³-hybridized carbons (Fsp3) is 0.500. The van der Waals surface area contributed by atoms with Crippen LogP contribution >= 0.6 is 23.8 Å². The molecule has 0 amide bonds. The third kappa shape index (κ3) is 0.972. The number of rotatable bonds is 0. The van der Waals surface area contributed by atoms with Gasteiger partial charge in [-0.05, 0) is 12.2 Å². The van der Waals surface area contributed by atoms with Gasteiger partial charge in [-0.15, -0.1) is 0 Å². The van der Waals surface area contributed by atoms with Gasteiger partial charge in [0.25, 0.3) is 0 Å². The van der Waals surface area contributed by atoms with Crippen LogP contribution in [0.5, 0.6) is 0 Å². The van der Waals surface area contributed by atoms with Crippen molar-refractivity contribution in [1.29, 1.82) is 0 Å². The minimum Gasteiger partial charge on any atom is -0.278 e. The molecule has 0 saturated heterocycles. The Balaban J connectivity index is 3.68. The van der Waals surface area contributed by atoms with E-state index in [2.05, 4.69) is 0 Å². The number of aryl methyl sites for hydroxylation is 1. The van der Waals surface area contributed by atoms with Gasteiger partial charge in [0.2, 0.25) is 0 Å². The van der Waals surface area contributed by atoms with E-state index in [0.29, 0.717) is 4.77 Å². The van der Waals surface area contributed by atoms with Crippen molar-refractivity contribution in [3.63, 3.8) is 0 Å². The van der Waals surface area contributed by atoms with Gasteiger partial charge in [-0.25, -0.2) is 0 Å². The summed E-state index contributed by atoms with van der Waals surface area (Å²) in [5.41, 5.74) is 0. The van der Waals surface area contributed by atoms with Gasteiger partial charge in [0.1, 0.15) is 0 Å². The lowest BCUT2D eigenvalue weighted by molar-refractivity contribution is 0.810. The molecule has 1 aromatic heterocycles. The van der Waals surface area contributed by atoms with Crippen molar-refractivity contribution in [3.8, 4) is 0 Å². The van der Waals surface area contributed by atoms with Gasteiger partial charge in [-0.2, -0.15) is 0 Å². The lowest BCUT2D eigenvalue weighted by Gasteiger charge is -1.83. The molecule has 50 valence electrons. The Kier molecular flexibility index (Phi) is 1.54. The molecule has 0 unspecified atom stereocenters. The number of aromatic nitrogens is 2. The van der Waals surface area contributed by atoms with Crippen molar-refractivity contribution in [2.24, 2.45) is 14.1 Å². The van der Waals surface area contributed by atoms with Gasteiger partial charge in [0, 0.05) is 25.6 Å². The number of nitrogens with zero attached hydrogens (tertiary/aromatic N) is 2.